The summed E-state index contributed by atoms with van der Waals surface area (Å²) in [7, 11) is -3.97. The van der Waals surface area contributed by atoms with Gasteiger partial charge in [-0.1, -0.05) is 48.5 Å². The van der Waals surface area contributed by atoms with Crippen LogP contribution in [0, 0.1) is 3.57 Å². The van der Waals surface area contributed by atoms with Crippen LogP contribution in [0.1, 0.15) is 5.56 Å². The summed E-state index contributed by atoms with van der Waals surface area (Å²) in [5.41, 5.74) is 0.858. The fourth-order valence-corrected chi connectivity index (χ4v) is 5.33. The van der Waals surface area contributed by atoms with Crippen molar-refractivity contribution in [3.63, 3.8) is 0 Å². The van der Waals surface area contributed by atoms with Crippen LogP contribution in [0.25, 0.3) is 16.8 Å². The molecule has 3 aromatic carbocycles. The maximum absolute atomic E-state index is 12.8. The molecule has 0 atom stereocenters. The second-order valence-electron chi connectivity index (χ2n) is 5.97. The third kappa shape index (κ3) is 3.98. The summed E-state index contributed by atoms with van der Waals surface area (Å²) in [4.78, 5) is 12.7. The topological polar surface area (TPSA) is 75.6 Å². The average molecular weight is 520 g/mol. The molecule has 0 bridgehead atoms. The van der Waals surface area contributed by atoms with Crippen molar-refractivity contribution >= 4 is 72.3 Å². The number of fused-ring (bicyclic) bond motifs is 1. The van der Waals surface area contributed by atoms with Gasteiger partial charge in [0.2, 0.25) is 0 Å². The molecule has 4 rings (SSSR count). The van der Waals surface area contributed by atoms with Gasteiger partial charge in [0.05, 0.1) is 9.80 Å². The van der Waals surface area contributed by atoms with Crippen LogP contribution in [0.3, 0.4) is 0 Å². The molecule has 0 unspecified atom stereocenters. The van der Waals surface area contributed by atoms with Crippen molar-refractivity contribution in [3.05, 3.63) is 80.8 Å². The first kappa shape index (κ1) is 19.2. The zero-order valence-electron chi connectivity index (χ0n) is 14.3. The second-order valence-corrected chi connectivity index (χ2v) is 9.81. The number of carbonyl (C=O) groups is 1. The fraction of sp³-hybridized carbons (Fsp3) is 0. The van der Waals surface area contributed by atoms with E-state index in [0.717, 1.165) is 26.3 Å². The van der Waals surface area contributed by atoms with Crippen LogP contribution in [-0.2, 0) is 14.8 Å². The van der Waals surface area contributed by atoms with Crippen LogP contribution in [0.15, 0.2) is 80.9 Å². The Bertz CT molecular complexity index is 1240. The molecule has 140 valence electrons. The summed E-state index contributed by atoms with van der Waals surface area (Å²) < 4.78 is 30.6. The van der Waals surface area contributed by atoms with Crippen LogP contribution in [-0.4, -0.2) is 19.5 Å². The van der Waals surface area contributed by atoms with Crippen LogP contribution < -0.4 is 5.32 Å². The Kier molecular flexibility index (Phi) is 5.26. The molecule has 0 spiro atoms. The van der Waals surface area contributed by atoms with E-state index in [1.165, 1.54) is 6.07 Å². The van der Waals surface area contributed by atoms with Crippen LogP contribution in [0.5, 0.6) is 0 Å². The summed E-state index contributed by atoms with van der Waals surface area (Å²) in [6, 6.07) is 19.9. The Balaban J connectivity index is 1.67. The van der Waals surface area contributed by atoms with Crippen molar-refractivity contribution in [2.45, 2.75) is 4.90 Å². The molecule has 0 aliphatic carbocycles. The van der Waals surface area contributed by atoms with Gasteiger partial charge in [-0.25, -0.2) is 0 Å². The highest BCUT2D eigenvalue weighted by Gasteiger charge is 2.27. The van der Waals surface area contributed by atoms with E-state index in [1.54, 1.807) is 24.3 Å². The molecule has 1 aliphatic heterocycles. The summed E-state index contributed by atoms with van der Waals surface area (Å²) in [6.07, 6.45) is 1.71. The fourth-order valence-electron chi connectivity index (χ4n) is 2.76. The number of hydrogen-bond acceptors (Lipinski definition) is 4. The van der Waals surface area contributed by atoms with Gasteiger partial charge in [0.1, 0.15) is 0 Å². The number of halogens is 1. The van der Waals surface area contributed by atoms with Crippen molar-refractivity contribution < 1.29 is 13.2 Å². The Labute approximate surface area is 180 Å². The van der Waals surface area contributed by atoms with Gasteiger partial charge in [-0.3, -0.25) is 10.1 Å². The largest absolute Gasteiger partial charge is 0.300 e. The molecule has 0 saturated carbocycles. The van der Waals surface area contributed by atoms with Crippen LogP contribution >= 0.6 is 34.4 Å². The Morgan fingerprint density at radius 3 is 2.46 bits per heavy atom. The number of amidine groups is 1. The van der Waals surface area contributed by atoms with Crippen LogP contribution in [0.4, 0.5) is 0 Å². The Hall–Kier alpha value is -2.17. The zero-order valence-corrected chi connectivity index (χ0v) is 18.1. The van der Waals surface area contributed by atoms with Crippen molar-refractivity contribution in [2.75, 3.05) is 0 Å². The molecule has 3 aromatic rings. The van der Waals surface area contributed by atoms with E-state index in [-0.39, 0.29) is 16.0 Å². The number of hydrogen-bond donors (Lipinski definition) is 1. The van der Waals surface area contributed by atoms with E-state index in [4.69, 9.17) is 0 Å². The molecule has 28 heavy (non-hydrogen) atoms. The van der Waals surface area contributed by atoms with Gasteiger partial charge in [0, 0.05) is 8.96 Å². The first-order chi connectivity index (χ1) is 13.4. The third-order valence-corrected chi connectivity index (χ3v) is 7.13. The van der Waals surface area contributed by atoms with Gasteiger partial charge >= 0.3 is 0 Å². The molecule has 0 radical (unpaired) electrons. The number of amides is 1. The standard InChI is InChI=1S/C20H13IN2O3S2/c21-15-10-8-13(9-11-15)12-17-19(24)22-20(27-17)23-28(25,26)18-7-3-5-14-4-1-2-6-16(14)18/h1-12H,(H,22,23,24)/b17-12-. The van der Waals surface area contributed by atoms with Crippen molar-refractivity contribution in [1.29, 1.82) is 0 Å². The van der Waals surface area contributed by atoms with Gasteiger partial charge in [-0.15, -0.1) is 4.40 Å². The predicted molar refractivity (Wildman–Crippen MR) is 121 cm³/mol. The normalized spacial score (nSPS) is 17.4. The highest BCUT2D eigenvalue weighted by molar-refractivity contribution is 14.1. The number of thioether (sulfide) groups is 1. The lowest BCUT2D eigenvalue weighted by atomic mass is 10.1. The summed E-state index contributed by atoms with van der Waals surface area (Å²) in [5.74, 6) is -0.365. The van der Waals surface area contributed by atoms with E-state index < -0.39 is 10.0 Å². The van der Waals surface area contributed by atoms with Gasteiger partial charge in [-0.2, -0.15) is 8.42 Å². The quantitative estimate of drug-likeness (QED) is 0.411. The molecule has 1 N–H and O–H groups in total. The smallest absolute Gasteiger partial charge is 0.285 e. The van der Waals surface area contributed by atoms with Crippen LogP contribution in [0.2, 0.25) is 0 Å². The SMILES string of the molecule is O=C1N/C(=N/S(=O)(=O)c2cccc3ccccc23)S/C1=C\c1ccc(I)cc1. The lowest BCUT2D eigenvalue weighted by Gasteiger charge is -2.04. The van der Waals surface area contributed by atoms with Crippen molar-refractivity contribution in [2.24, 2.45) is 4.40 Å². The lowest BCUT2D eigenvalue weighted by Crippen LogP contribution is -2.20. The van der Waals surface area contributed by atoms with Gasteiger partial charge < -0.3 is 0 Å². The molecule has 1 aliphatic rings. The lowest BCUT2D eigenvalue weighted by molar-refractivity contribution is -0.115. The third-order valence-electron chi connectivity index (χ3n) is 4.05. The predicted octanol–water partition coefficient (Wildman–Crippen LogP) is 4.39. The van der Waals surface area contributed by atoms with Crippen molar-refractivity contribution in [1.82, 2.24) is 5.32 Å². The average Bonchev–Trinajstić information content (AvgIpc) is 3.01. The number of nitrogens with one attached hydrogen (secondary N) is 1. The van der Waals surface area contributed by atoms with Gasteiger partial charge in [0.15, 0.2) is 5.17 Å². The summed E-state index contributed by atoms with van der Waals surface area (Å²) >= 11 is 3.22. The highest BCUT2D eigenvalue weighted by Crippen LogP contribution is 2.29. The minimum atomic E-state index is -3.97. The van der Waals surface area contributed by atoms with Gasteiger partial charge in [-0.05, 0) is 69.6 Å². The Morgan fingerprint density at radius 2 is 1.68 bits per heavy atom. The molecule has 5 nitrogen and oxygen atoms in total. The van der Waals surface area contributed by atoms with E-state index in [2.05, 4.69) is 32.3 Å². The number of benzene rings is 3. The highest BCUT2D eigenvalue weighted by atomic mass is 127. The molecular weight excluding hydrogens is 507 g/mol. The first-order valence-electron chi connectivity index (χ1n) is 8.22. The van der Waals surface area contributed by atoms with Gasteiger partial charge in [0.25, 0.3) is 15.9 Å². The number of carbonyl (C=O) groups excluding carboxylic acids is 1. The molecule has 1 amide bonds. The molecule has 1 saturated heterocycles. The summed E-state index contributed by atoms with van der Waals surface area (Å²) in [5, 5.41) is 3.99. The first-order valence-corrected chi connectivity index (χ1v) is 11.6. The monoisotopic (exact) mass is 520 g/mol. The number of sulfonamides is 1. The van der Waals surface area contributed by atoms with E-state index in [9.17, 15) is 13.2 Å². The minimum Gasteiger partial charge on any atom is -0.300 e. The maximum Gasteiger partial charge on any atom is 0.285 e. The molecule has 0 aromatic heterocycles. The molecule has 1 fully saturated rings. The maximum atomic E-state index is 12.8. The molecular formula is C20H13IN2O3S2. The van der Waals surface area contributed by atoms with E-state index in [1.807, 2.05) is 42.5 Å². The van der Waals surface area contributed by atoms with E-state index in [0.29, 0.717) is 10.3 Å². The molecule has 1 heterocycles. The van der Waals surface area contributed by atoms with Crippen molar-refractivity contribution in [3.8, 4) is 0 Å². The van der Waals surface area contributed by atoms with E-state index >= 15 is 0 Å². The summed E-state index contributed by atoms with van der Waals surface area (Å²) in [6.45, 7) is 0. The second kappa shape index (κ2) is 7.69. The minimum absolute atomic E-state index is 0.0506. The number of nitrogens with zero attached hydrogens (tertiary/aromatic N) is 1. The number of rotatable bonds is 3. The zero-order chi connectivity index (χ0) is 19.7. The Morgan fingerprint density at radius 1 is 0.964 bits per heavy atom. The molecule has 8 heteroatoms.